The van der Waals surface area contributed by atoms with Crippen LogP contribution in [0.1, 0.15) is 49.9 Å². The number of anilines is 3. The van der Waals surface area contributed by atoms with Gasteiger partial charge >= 0.3 is 0 Å². The fourth-order valence-corrected chi connectivity index (χ4v) is 10.1. The monoisotopic (exact) mass is 659 g/mol. The van der Waals surface area contributed by atoms with E-state index in [1.165, 1.54) is 81.5 Å². The predicted molar refractivity (Wildman–Crippen MR) is 215 cm³/mol. The van der Waals surface area contributed by atoms with Crippen LogP contribution in [0.3, 0.4) is 0 Å². The van der Waals surface area contributed by atoms with E-state index in [4.69, 9.17) is 0 Å². The Hall–Kier alpha value is -5.44. The van der Waals surface area contributed by atoms with Crippen LogP contribution >= 0.6 is 11.3 Å². The van der Waals surface area contributed by atoms with Gasteiger partial charge in [-0.1, -0.05) is 137 Å². The minimum Gasteiger partial charge on any atom is -0.310 e. The Bertz CT molecular complexity index is 2560. The average molecular weight is 660 g/mol. The SMILES string of the molecule is CC1(C)c2ccccc2-c2cc(N(c3ccc4c(c3)-c3ccccc3C4(C)C)c3ccccc3-c3ccc4c(c3)sc3ccccc34)ccc21. The van der Waals surface area contributed by atoms with Crippen molar-refractivity contribution >= 4 is 48.6 Å². The number of benzene rings is 7. The Kier molecular flexibility index (Phi) is 6.21. The van der Waals surface area contributed by atoms with E-state index in [0.29, 0.717) is 0 Å². The van der Waals surface area contributed by atoms with Gasteiger partial charge in [-0.25, -0.2) is 0 Å². The van der Waals surface area contributed by atoms with Gasteiger partial charge in [0, 0.05) is 47.9 Å². The molecule has 0 amide bonds. The topological polar surface area (TPSA) is 3.24 Å². The van der Waals surface area contributed by atoms with E-state index in [1.54, 1.807) is 0 Å². The Morgan fingerprint density at radius 3 is 1.54 bits per heavy atom. The zero-order valence-corrected chi connectivity index (χ0v) is 29.6. The molecule has 1 aromatic heterocycles. The van der Waals surface area contributed by atoms with Gasteiger partial charge in [-0.3, -0.25) is 0 Å². The molecule has 7 aromatic carbocycles. The first-order valence-electron chi connectivity index (χ1n) is 17.6. The molecule has 2 aliphatic rings. The van der Waals surface area contributed by atoms with Crippen LogP contribution in [0.5, 0.6) is 0 Å². The Morgan fingerprint density at radius 2 is 0.900 bits per heavy atom. The summed E-state index contributed by atoms with van der Waals surface area (Å²) in [6.07, 6.45) is 0. The lowest BCUT2D eigenvalue weighted by Gasteiger charge is -2.30. The third-order valence-corrected chi connectivity index (χ3v) is 12.6. The van der Waals surface area contributed by atoms with Crippen molar-refractivity contribution < 1.29 is 0 Å². The van der Waals surface area contributed by atoms with Gasteiger partial charge in [0.05, 0.1) is 5.69 Å². The summed E-state index contributed by atoms with van der Waals surface area (Å²) in [6, 6.07) is 56.8. The van der Waals surface area contributed by atoms with Crippen molar-refractivity contribution in [3.8, 4) is 33.4 Å². The summed E-state index contributed by atoms with van der Waals surface area (Å²) in [4.78, 5) is 2.49. The molecule has 0 aliphatic heterocycles. The summed E-state index contributed by atoms with van der Waals surface area (Å²) in [6.45, 7) is 9.42. The van der Waals surface area contributed by atoms with E-state index in [1.807, 2.05) is 11.3 Å². The Morgan fingerprint density at radius 1 is 0.400 bits per heavy atom. The normalized spacial score (nSPS) is 14.7. The third-order valence-electron chi connectivity index (χ3n) is 11.5. The zero-order chi connectivity index (χ0) is 33.8. The van der Waals surface area contributed by atoms with Crippen LogP contribution in [0, 0.1) is 0 Å². The molecule has 0 saturated carbocycles. The molecule has 0 radical (unpaired) electrons. The first-order valence-corrected chi connectivity index (χ1v) is 18.4. The summed E-state index contributed by atoms with van der Waals surface area (Å²) >= 11 is 1.88. The second-order valence-corrected chi connectivity index (χ2v) is 16.0. The lowest BCUT2D eigenvalue weighted by Crippen LogP contribution is -2.16. The van der Waals surface area contributed by atoms with E-state index < -0.39 is 0 Å². The maximum atomic E-state index is 2.49. The lowest BCUT2D eigenvalue weighted by atomic mass is 9.82. The Labute approximate surface area is 298 Å². The fourth-order valence-electron chi connectivity index (χ4n) is 8.93. The van der Waals surface area contributed by atoms with Crippen molar-refractivity contribution in [2.24, 2.45) is 0 Å². The second kappa shape index (κ2) is 10.5. The Balaban J connectivity index is 1.21. The maximum absolute atomic E-state index is 2.49. The molecule has 2 aliphatic carbocycles. The number of rotatable bonds is 4. The summed E-state index contributed by atoms with van der Waals surface area (Å²) in [5.41, 5.74) is 16.7. The van der Waals surface area contributed by atoms with Gasteiger partial charge in [-0.05, 0) is 92.5 Å². The number of fused-ring (bicyclic) bond motifs is 9. The standard InChI is InChI=1S/C48H37NS/c1-47(2)40-17-9-5-14-34(40)38-28-31(22-25-42(38)47)49(32-23-26-43-39(29-32)35-15-6-10-18-41(35)48(43,3)4)44-19-11-7-13-33(44)30-21-24-37-36-16-8-12-20-45(36)50-46(37)27-30/h5-29H,1-4H3. The molecule has 0 unspecified atom stereocenters. The average Bonchev–Trinajstić information content (AvgIpc) is 3.71. The van der Waals surface area contributed by atoms with Gasteiger partial charge in [0.25, 0.3) is 0 Å². The van der Waals surface area contributed by atoms with Crippen molar-refractivity contribution in [1.82, 2.24) is 0 Å². The highest BCUT2D eigenvalue weighted by Gasteiger charge is 2.37. The highest BCUT2D eigenvalue weighted by atomic mass is 32.1. The maximum Gasteiger partial charge on any atom is 0.0540 e. The van der Waals surface area contributed by atoms with Crippen molar-refractivity contribution in [2.45, 2.75) is 38.5 Å². The highest BCUT2D eigenvalue weighted by molar-refractivity contribution is 7.25. The van der Waals surface area contributed by atoms with E-state index in [9.17, 15) is 0 Å². The number of hydrogen-bond donors (Lipinski definition) is 0. The molecular formula is C48H37NS. The van der Waals surface area contributed by atoms with Crippen LogP contribution in [0.2, 0.25) is 0 Å². The first kappa shape index (κ1) is 29.5. The number of para-hydroxylation sites is 1. The van der Waals surface area contributed by atoms with Crippen LogP contribution in [0.25, 0.3) is 53.6 Å². The minimum atomic E-state index is -0.0459. The predicted octanol–water partition coefficient (Wildman–Crippen LogP) is 13.8. The quantitative estimate of drug-likeness (QED) is 0.182. The molecule has 1 nitrogen and oxygen atoms in total. The molecule has 240 valence electrons. The van der Waals surface area contributed by atoms with Gasteiger partial charge in [0.1, 0.15) is 0 Å². The number of nitrogens with zero attached hydrogens (tertiary/aromatic N) is 1. The second-order valence-electron chi connectivity index (χ2n) is 15.0. The number of thiophene rings is 1. The number of hydrogen-bond acceptors (Lipinski definition) is 2. The molecule has 1 heterocycles. The first-order chi connectivity index (χ1) is 24.3. The molecular weight excluding hydrogens is 623 g/mol. The van der Waals surface area contributed by atoms with Gasteiger partial charge in [0.2, 0.25) is 0 Å². The van der Waals surface area contributed by atoms with Crippen LogP contribution < -0.4 is 4.90 Å². The van der Waals surface area contributed by atoms with Crippen LogP contribution in [-0.2, 0) is 10.8 Å². The van der Waals surface area contributed by atoms with Crippen LogP contribution in [-0.4, -0.2) is 0 Å². The van der Waals surface area contributed by atoms with Gasteiger partial charge in [-0.15, -0.1) is 11.3 Å². The summed E-state index contributed by atoms with van der Waals surface area (Å²) < 4.78 is 2.65. The van der Waals surface area contributed by atoms with Crippen LogP contribution in [0.4, 0.5) is 17.1 Å². The molecule has 0 fully saturated rings. The van der Waals surface area contributed by atoms with Gasteiger partial charge < -0.3 is 4.90 Å². The van der Waals surface area contributed by atoms with E-state index in [0.717, 1.165) is 11.4 Å². The van der Waals surface area contributed by atoms with Crippen LogP contribution in [0.15, 0.2) is 152 Å². The fraction of sp³-hybridized carbons (Fsp3) is 0.125. The van der Waals surface area contributed by atoms with Crippen molar-refractivity contribution in [3.63, 3.8) is 0 Å². The molecule has 2 heteroatoms. The molecule has 0 N–H and O–H groups in total. The van der Waals surface area contributed by atoms with Gasteiger partial charge in [-0.2, -0.15) is 0 Å². The summed E-state index contributed by atoms with van der Waals surface area (Å²) in [7, 11) is 0. The summed E-state index contributed by atoms with van der Waals surface area (Å²) in [5.74, 6) is 0. The molecule has 0 spiro atoms. The molecule has 50 heavy (non-hydrogen) atoms. The molecule has 8 aromatic rings. The highest BCUT2D eigenvalue weighted by Crippen LogP contribution is 2.53. The smallest absolute Gasteiger partial charge is 0.0540 e. The largest absolute Gasteiger partial charge is 0.310 e. The molecule has 0 atom stereocenters. The van der Waals surface area contributed by atoms with Crippen molar-refractivity contribution in [2.75, 3.05) is 4.90 Å². The van der Waals surface area contributed by atoms with E-state index in [2.05, 4.69) is 184 Å². The van der Waals surface area contributed by atoms with Crippen molar-refractivity contribution in [1.29, 1.82) is 0 Å². The van der Waals surface area contributed by atoms with Crippen molar-refractivity contribution in [3.05, 3.63) is 174 Å². The molecule has 0 saturated heterocycles. The van der Waals surface area contributed by atoms with Gasteiger partial charge in [0.15, 0.2) is 0 Å². The minimum absolute atomic E-state index is 0.0459. The third kappa shape index (κ3) is 4.12. The summed E-state index contributed by atoms with van der Waals surface area (Å²) in [5, 5.41) is 2.65. The molecule has 10 rings (SSSR count). The zero-order valence-electron chi connectivity index (χ0n) is 28.8. The van der Waals surface area contributed by atoms with E-state index >= 15 is 0 Å². The molecule has 0 bridgehead atoms. The lowest BCUT2D eigenvalue weighted by molar-refractivity contribution is 0.660. The van der Waals surface area contributed by atoms with E-state index in [-0.39, 0.29) is 10.8 Å².